The first-order valence-electron chi connectivity index (χ1n) is 7.06. The maximum Gasteiger partial charge on any atom is 0.229 e. The van der Waals surface area contributed by atoms with Gasteiger partial charge in [0.15, 0.2) is 0 Å². The van der Waals surface area contributed by atoms with Gasteiger partial charge in [0, 0.05) is 17.8 Å². The number of rotatable bonds is 4. The van der Waals surface area contributed by atoms with Crippen LogP contribution in [0.5, 0.6) is 0 Å². The van der Waals surface area contributed by atoms with Gasteiger partial charge in [0.25, 0.3) is 0 Å². The van der Waals surface area contributed by atoms with E-state index in [1.807, 2.05) is 24.3 Å². The van der Waals surface area contributed by atoms with Crippen LogP contribution in [0.3, 0.4) is 0 Å². The van der Waals surface area contributed by atoms with E-state index < -0.39 is 0 Å². The molecule has 5 nitrogen and oxygen atoms in total. The van der Waals surface area contributed by atoms with Crippen molar-refractivity contribution in [1.82, 2.24) is 5.32 Å². The zero-order valence-corrected chi connectivity index (χ0v) is 11.3. The van der Waals surface area contributed by atoms with Crippen LogP contribution in [-0.2, 0) is 16.0 Å². The van der Waals surface area contributed by atoms with E-state index in [4.69, 9.17) is 5.73 Å². The van der Waals surface area contributed by atoms with E-state index in [0.717, 1.165) is 24.1 Å². The lowest BCUT2D eigenvalue weighted by Gasteiger charge is -2.19. The second kappa shape index (κ2) is 5.25. The first kappa shape index (κ1) is 13.1. The number of hydrogen-bond donors (Lipinski definition) is 3. The van der Waals surface area contributed by atoms with Gasteiger partial charge in [-0.2, -0.15) is 0 Å². The third-order valence-corrected chi connectivity index (χ3v) is 4.24. The summed E-state index contributed by atoms with van der Waals surface area (Å²) in [5.74, 6) is -0.179. The normalized spacial score (nSPS) is 27.5. The highest BCUT2D eigenvalue weighted by Crippen LogP contribution is 2.33. The zero-order valence-electron chi connectivity index (χ0n) is 11.3. The van der Waals surface area contributed by atoms with E-state index >= 15 is 0 Å². The molecule has 3 unspecified atom stereocenters. The van der Waals surface area contributed by atoms with Gasteiger partial charge < -0.3 is 16.4 Å². The molecule has 0 aromatic heterocycles. The molecule has 0 saturated carbocycles. The predicted octanol–water partition coefficient (Wildman–Crippen LogP) is 0.793. The Balaban J connectivity index is 1.60. The van der Waals surface area contributed by atoms with Crippen molar-refractivity contribution in [2.24, 2.45) is 11.7 Å². The van der Waals surface area contributed by atoms with Crippen molar-refractivity contribution in [3.63, 3.8) is 0 Å². The average Bonchev–Trinajstić information content (AvgIpc) is 3.03. The number of anilines is 1. The van der Waals surface area contributed by atoms with Crippen LogP contribution in [0, 0.1) is 5.92 Å². The molecule has 3 rings (SSSR count). The number of hydrogen-bond acceptors (Lipinski definition) is 3. The van der Waals surface area contributed by atoms with Crippen LogP contribution in [0.1, 0.15) is 24.8 Å². The van der Waals surface area contributed by atoms with E-state index in [1.54, 1.807) is 0 Å². The fraction of sp³-hybridized carbons (Fsp3) is 0.467. The Morgan fingerprint density at radius 2 is 2.00 bits per heavy atom. The summed E-state index contributed by atoms with van der Waals surface area (Å²) in [6.07, 6.45) is 3.46. The highest BCUT2D eigenvalue weighted by Gasteiger charge is 2.42. The molecule has 3 atom stereocenters. The van der Waals surface area contributed by atoms with Crippen LogP contribution in [0.4, 0.5) is 5.69 Å². The van der Waals surface area contributed by atoms with Crippen molar-refractivity contribution in [2.75, 3.05) is 5.32 Å². The monoisotopic (exact) mass is 273 g/mol. The Kier molecular flexibility index (Phi) is 3.44. The molecule has 2 heterocycles. The third-order valence-electron chi connectivity index (χ3n) is 4.24. The summed E-state index contributed by atoms with van der Waals surface area (Å²) in [6.45, 7) is 0. The molecule has 2 aliphatic heterocycles. The van der Waals surface area contributed by atoms with Gasteiger partial charge in [-0.05, 0) is 37.0 Å². The molecule has 2 fully saturated rings. The van der Waals surface area contributed by atoms with Crippen molar-refractivity contribution in [2.45, 2.75) is 37.8 Å². The molecule has 1 aromatic carbocycles. The molecule has 5 heteroatoms. The van der Waals surface area contributed by atoms with E-state index in [0.29, 0.717) is 12.1 Å². The average molecular weight is 273 g/mol. The molecule has 1 aromatic rings. The molecule has 0 aliphatic carbocycles. The first-order valence-corrected chi connectivity index (χ1v) is 7.06. The van der Waals surface area contributed by atoms with Gasteiger partial charge in [0.05, 0.1) is 12.3 Å². The summed E-state index contributed by atoms with van der Waals surface area (Å²) >= 11 is 0. The van der Waals surface area contributed by atoms with Gasteiger partial charge in [-0.15, -0.1) is 0 Å². The van der Waals surface area contributed by atoms with Gasteiger partial charge in [0.2, 0.25) is 11.8 Å². The van der Waals surface area contributed by atoms with Crippen LogP contribution in [0.25, 0.3) is 0 Å². The highest BCUT2D eigenvalue weighted by molar-refractivity contribution is 5.93. The summed E-state index contributed by atoms with van der Waals surface area (Å²) in [5, 5.41) is 6.42. The number of benzene rings is 1. The second-order valence-electron chi connectivity index (χ2n) is 5.72. The Morgan fingerprint density at radius 3 is 2.55 bits per heavy atom. The Hall–Kier alpha value is -1.88. The fourth-order valence-corrected chi connectivity index (χ4v) is 3.26. The van der Waals surface area contributed by atoms with Gasteiger partial charge in [-0.3, -0.25) is 9.59 Å². The molecule has 20 heavy (non-hydrogen) atoms. The molecule has 0 spiro atoms. The van der Waals surface area contributed by atoms with Gasteiger partial charge >= 0.3 is 0 Å². The molecule has 106 valence electrons. The number of nitrogens with one attached hydrogen (secondary N) is 2. The number of carbonyl (C=O) groups is 2. The van der Waals surface area contributed by atoms with Gasteiger partial charge in [0.1, 0.15) is 0 Å². The van der Waals surface area contributed by atoms with Crippen molar-refractivity contribution < 1.29 is 9.59 Å². The maximum absolute atomic E-state index is 12.2. The minimum Gasteiger partial charge on any atom is -0.369 e. The summed E-state index contributed by atoms with van der Waals surface area (Å²) < 4.78 is 0. The lowest BCUT2D eigenvalue weighted by atomic mass is 9.88. The largest absolute Gasteiger partial charge is 0.369 e. The van der Waals surface area contributed by atoms with Crippen molar-refractivity contribution >= 4 is 17.5 Å². The lowest BCUT2D eigenvalue weighted by molar-refractivity contribution is -0.120. The van der Waals surface area contributed by atoms with Crippen LogP contribution >= 0.6 is 0 Å². The van der Waals surface area contributed by atoms with Gasteiger partial charge in [-0.25, -0.2) is 0 Å². The molecule has 4 N–H and O–H groups in total. The fourth-order valence-electron chi connectivity index (χ4n) is 3.26. The van der Waals surface area contributed by atoms with E-state index in [-0.39, 0.29) is 24.2 Å². The molecule has 2 amide bonds. The van der Waals surface area contributed by atoms with Crippen LogP contribution in [-0.4, -0.2) is 23.9 Å². The third kappa shape index (κ3) is 2.67. The molecule has 0 radical (unpaired) electrons. The van der Waals surface area contributed by atoms with Crippen molar-refractivity contribution in [1.29, 1.82) is 0 Å². The quantitative estimate of drug-likeness (QED) is 0.758. The number of carbonyl (C=O) groups excluding carboxylic acids is 2. The smallest absolute Gasteiger partial charge is 0.229 e. The lowest BCUT2D eigenvalue weighted by Crippen LogP contribution is -2.32. The Morgan fingerprint density at radius 1 is 1.25 bits per heavy atom. The predicted molar refractivity (Wildman–Crippen MR) is 76.0 cm³/mol. The minimum atomic E-state index is -0.352. The number of primary amides is 1. The van der Waals surface area contributed by atoms with Gasteiger partial charge in [-0.1, -0.05) is 12.1 Å². The summed E-state index contributed by atoms with van der Waals surface area (Å²) in [5.41, 5.74) is 6.77. The molecule has 2 aliphatic rings. The summed E-state index contributed by atoms with van der Waals surface area (Å²) in [6, 6.07) is 8.13. The maximum atomic E-state index is 12.2. The summed E-state index contributed by atoms with van der Waals surface area (Å²) in [7, 11) is 0. The summed E-state index contributed by atoms with van der Waals surface area (Å²) in [4.78, 5) is 23.1. The standard InChI is InChI=1S/C15H19N3O2/c16-14(19)7-9-1-3-10(4-2-9)18-15(20)12-8-11-5-6-13(12)17-11/h1-4,11-13,17H,5-8H2,(H2,16,19)(H,18,20). The van der Waals surface area contributed by atoms with Crippen molar-refractivity contribution in [3.05, 3.63) is 29.8 Å². The SMILES string of the molecule is NC(=O)Cc1ccc(NC(=O)C2CC3CCC2N3)cc1. The van der Waals surface area contributed by atoms with Crippen LogP contribution in [0.2, 0.25) is 0 Å². The second-order valence-corrected chi connectivity index (χ2v) is 5.72. The van der Waals surface area contributed by atoms with E-state index in [9.17, 15) is 9.59 Å². The Labute approximate surface area is 117 Å². The number of nitrogens with two attached hydrogens (primary N) is 1. The Bertz CT molecular complexity index is 526. The minimum absolute atomic E-state index is 0.0825. The topological polar surface area (TPSA) is 84.2 Å². The van der Waals surface area contributed by atoms with Crippen molar-refractivity contribution in [3.8, 4) is 0 Å². The van der Waals surface area contributed by atoms with E-state index in [1.165, 1.54) is 6.42 Å². The molecular formula is C15H19N3O2. The number of amides is 2. The van der Waals surface area contributed by atoms with E-state index in [2.05, 4.69) is 10.6 Å². The molecular weight excluding hydrogens is 254 g/mol. The first-order chi connectivity index (χ1) is 9.61. The van der Waals surface area contributed by atoms with Crippen LogP contribution < -0.4 is 16.4 Å². The zero-order chi connectivity index (χ0) is 14.1. The molecule has 2 saturated heterocycles. The molecule has 2 bridgehead atoms. The van der Waals surface area contributed by atoms with Crippen LogP contribution in [0.15, 0.2) is 24.3 Å². The highest BCUT2D eigenvalue weighted by atomic mass is 16.2. The number of fused-ring (bicyclic) bond motifs is 2.